The molecule has 0 fully saturated rings. The van der Waals surface area contributed by atoms with E-state index in [-0.39, 0.29) is 17.9 Å². The van der Waals surface area contributed by atoms with Crippen molar-refractivity contribution in [3.8, 4) is 11.1 Å². The van der Waals surface area contributed by atoms with Gasteiger partial charge in [-0.2, -0.15) is 0 Å². The fourth-order valence-corrected chi connectivity index (χ4v) is 2.49. The largest absolute Gasteiger partial charge is 0.396 e. The zero-order valence-electron chi connectivity index (χ0n) is 13.0. The van der Waals surface area contributed by atoms with Crippen LogP contribution in [-0.2, 0) is 0 Å². The molecule has 4 N–H and O–H groups in total. The van der Waals surface area contributed by atoms with Gasteiger partial charge >= 0.3 is 0 Å². The molecule has 0 spiro atoms. The molecule has 0 amide bonds. The maximum absolute atomic E-state index is 14.1. The number of anilines is 2. The van der Waals surface area contributed by atoms with Crippen LogP contribution in [0.3, 0.4) is 0 Å². The highest BCUT2D eigenvalue weighted by atomic mass is 19.1. The van der Waals surface area contributed by atoms with Gasteiger partial charge < -0.3 is 16.2 Å². The van der Waals surface area contributed by atoms with Crippen molar-refractivity contribution in [3.63, 3.8) is 0 Å². The van der Waals surface area contributed by atoms with Gasteiger partial charge in [-0.05, 0) is 19.1 Å². The molecule has 0 unspecified atom stereocenters. The van der Waals surface area contributed by atoms with E-state index in [2.05, 4.69) is 15.3 Å². The first-order valence-corrected chi connectivity index (χ1v) is 7.36. The van der Waals surface area contributed by atoms with Gasteiger partial charge in [0.05, 0.1) is 17.8 Å². The molecule has 0 saturated heterocycles. The van der Waals surface area contributed by atoms with E-state index >= 15 is 0 Å². The highest BCUT2D eigenvalue weighted by molar-refractivity contribution is 5.86. The Kier molecular flexibility index (Phi) is 4.26. The molecule has 0 aliphatic heterocycles. The fourth-order valence-electron chi connectivity index (χ4n) is 2.49. The minimum Gasteiger partial charge on any atom is -0.396 e. The van der Waals surface area contributed by atoms with Gasteiger partial charge in [0, 0.05) is 47.1 Å². The van der Waals surface area contributed by atoms with E-state index < -0.39 is 11.6 Å². The monoisotopic (exact) mass is 330 g/mol. The molecule has 3 aromatic rings. The molecule has 7 heteroatoms. The number of hydrogen-bond acceptors (Lipinski definition) is 5. The fraction of sp³-hybridized carbons (Fsp3) is 0.176. The van der Waals surface area contributed by atoms with Crippen LogP contribution in [0, 0.1) is 18.6 Å². The van der Waals surface area contributed by atoms with E-state index in [0.717, 1.165) is 6.07 Å². The number of nitrogens with two attached hydrogens (primary N) is 1. The summed E-state index contributed by atoms with van der Waals surface area (Å²) in [6.07, 6.45) is 1.61. The van der Waals surface area contributed by atoms with Crippen LogP contribution in [0.25, 0.3) is 22.0 Å². The van der Waals surface area contributed by atoms with E-state index in [1.54, 1.807) is 25.3 Å². The third kappa shape index (κ3) is 2.98. The predicted octanol–water partition coefficient (Wildman–Crippen LogP) is 2.87. The number of aliphatic hydroxyl groups excluding tert-OH is 1. The first kappa shape index (κ1) is 16.1. The standard InChI is InChI=1S/C17H16F2N4O/c1-9-11(12-5-15(20)14(19)6-13(12)18)4-10-8-22-17(21-2-3-24)7-16(10)23-9/h4-8,24H,2-3,20H2,1H3,(H,21,22). The number of fused-ring (bicyclic) bond motifs is 1. The number of rotatable bonds is 4. The van der Waals surface area contributed by atoms with Crippen LogP contribution in [0.15, 0.2) is 30.5 Å². The lowest BCUT2D eigenvalue weighted by Crippen LogP contribution is -2.06. The molecule has 5 nitrogen and oxygen atoms in total. The zero-order chi connectivity index (χ0) is 17.3. The Labute approximate surface area is 137 Å². The summed E-state index contributed by atoms with van der Waals surface area (Å²) in [6, 6.07) is 5.53. The highest BCUT2D eigenvalue weighted by Gasteiger charge is 2.14. The van der Waals surface area contributed by atoms with Gasteiger partial charge in [-0.1, -0.05) is 0 Å². The normalized spacial score (nSPS) is 11.0. The number of aryl methyl sites for hydroxylation is 1. The minimum atomic E-state index is -0.788. The summed E-state index contributed by atoms with van der Waals surface area (Å²) in [6.45, 7) is 2.13. The Hall–Kier alpha value is -2.80. The van der Waals surface area contributed by atoms with Crippen molar-refractivity contribution >= 4 is 22.4 Å². The summed E-state index contributed by atoms with van der Waals surface area (Å²) in [5.41, 5.74) is 7.44. The van der Waals surface area contributed by atoms with Crippen LogP contribution < -0.4 is 11.1 Å². The summed E-state index contributed by atoms with van der Waals surface area (Å²) in [5, 5.41) is 12.5. The van der Waals surface area contributed by atoms with Gasteiger partial charge in [0.2, 0.25) is 0 Å². The summed E-state index contributed by atoms with van der Waals surface area (Å²) >= 11 is 0. The number of pyridine rings is 2. The lowest BCUT2D eigenvalue weighted by atomic mass is 10.0. The maximum atomic E-state index is 14.1. The maximum Gasteiger partial charge on any atom is 0.149 e. The second-order valence-electron chi connectivity index (χ2n) is 5.39. The molecule has 3 rings (SSSR count). The van der Waals surface area contributed by atoms with Crippen molar-refractivity contribution in [2.24, 2.45) is 0 Å². The van der Waals surface area contributed by atoms with E-state index in [1.165, 1.54) is 6.07 Å². The molecule has 0 radical (unpaired) electrons. The van der Waals surface area contributed by atoms with Crippen molar-refractivity contribution in [2.45, 2.75) is 6.92 Å². The Balaban J connectivity index is 2.10. The number of nitrogens with one attached hydrogen (secondary N) is 1. The molecule has 0 aliphatic carbocycles. The lowest BCUT2D eigenvalue weighted by molar-refractivity contribution is 0.311. The number of halogens is 2. The molecule has 2 aromatic heterocycles. The van der Waals surface area contributed by atoms with Crippen LogP contribution in [0.1, 0.15) is 5.69 Å². The Morgan fingerprint density at radius 3 is 2.67 bits per heavy atom. The van der Waals surface area contributed by atoms with Gasteiger partial charge in [-0.15, -0.1) is 0 Å². The van der Waals surface area contributed by atoms with Crippen molar-refractivity contribution in [2.75, 3.05) is 24.2 Å². The van der Waals surface area contributed by atoms with E-state index in [1.807, 2.05) is 0 Å². The SMILES string of the molecule is Cc1nc2cc(NCCO)ncc2cc1-c1cc(N)c(F)cc1F. The van der Waals surface area contributed by atoms with Crippen LogP contribution >= 0.6 is 0 Å². The van der Waals surface area contributed by atoms with Crippen molar-refractivity contribution in [1.29, 1.82) is 0 Å². The highest BCUT2D eigenvalue weighted by Crippen LogP contribution is 2.31. The quantitative estimate of drug-likeness (QED) is 0.641. The first-order chi connectivity index (χ1) is 11.5. The predicted molar refractivity (Wildman–Crippen MR) is 89.6 cm³/mol. The summed E-state index contributed by atoms with van der Waals surface area (Å²) in [7, 11) is 0. The molecule has 0 bridgehead atoms. The third-order valence-electron chi connectivity index (χ3n) is 3.68. The van der Waals surface area contributed by atoms with E-state index in [0.29, 0.717) is 34.5 Å². The molecule has 24 heavy (non-hydrogen) atoms. The number of benzene rings is 1. The second-order valence-corrected chi connectivity index (χ2v) is 5.39. The second kappa shape index (κ2) is 6.37. The van der Waals surface area contributed by atoms with Crippen molar-refractivity contribution in [1.82, 2.24) is 9.97 Å². The number of aliphatic hydroxyl groups is 1. The Morgan fingerprint density at radius 1 is 1.12 bits per heavy atom. The first-order valence-electron chi connectivity index (χ1n) is 7.36. The summed E-state index contributed by atoms with van der Waals surface area (Å²) in [4.78, 5) is 8.69. The summed E-state index contributed by atoms with van der Waals surface area (Å²) in [5.74, 6) is -0.891. The average Bonchev–Trinajstić information content (AvgIpc) is 2.55. The Bertz CT molecular complexity index is 915. The molecular weight excluding hydrogens is 314 g/mol. The van der Waals surface area contributed by atoms with Crippen LogP contribution in [0.4, 0.5) is 20.3 Å². The molecule has 124 valence electrons. The van der Waals surface area contributed by atoms with Crippen LogP contribution in [0.5, 0.6) is 0 Å². The number of aromatic nitrogens is 2. The van der Waals surface area contributed by atoms with Crippen molar-refractivity contribution < 1.29 is 13.9 Å². The third-order valence-corrected chi connectivity index (χ3v) is 3.68. The van der Waals surface area contributed by atoms with Gasteiger partial charge in [0.1, 0.15) is 17.5 Å². The average molecular weight is 330 g/mol. The van der Waals surface area contributed by atoms with E-state index in [4.69, 9.17) is 10.8 Å². The van der Waals surface area contributed by atoms with Gasteiger partial charge in [-0.25, -0.2) is 13.8 Å². The molecule has 0 atom stereocenters. The molecule has 0 saturated carbocycles. The summed E-state index contributed by atoms with van der Waals surface area (Å²) < 4.78 is 27.5. The molecule has 2 heterocycles. The minimum absolute atomic E-state index is 0.00359. The smallest absolute Gasteiger partial charge is 0.149 e. The number of hydrogen-bond donors (Lipinski definition) is 3. The van der Waals surface area contributed by atoms with Gasteiger partial charge in [0.15, 0.2) is 0 Å². The lowest BCUT2D eigenvalue weighted by Gasteiger charge is -2.11. The van der Waals surface area contributed by atoms with Crippen LogP contribution in [0.2, 0.25) is 0 Å². The zero-order valence-corrected chi connectivity index (χ0v) is 13.0. The van der Waals surface area contributed by atoms with Crippen LogP contribution in [-0.4, -0.2) is 28.2 Å². The van der Waals surface area contributed by atoms with Gasteiger partial charge in [0.25, 0.3) is 0 Å². The molecule has 0 aliphatic rings. The number of nitrogen functional groups attached to an aromatic ring is 1. The Morgan fingerprint density at radius 2 is 1.92 bits per heavy atom. The molecular formula is C17H16F2N4O. The number of nitrogens with zero attached hydrogens (tertiary/aromatic N) is 2. The van der Waals surface area contributed by atoms with Gasteiger partial charge in [-0.3, -0.25) is 4.98 Å². The van der Waals surface area contributed by atoms with E-state index in [9.17, 15) is 8.78 Å². The topological polar surface area (TPSA) is 84.1 Å². The van der Waals surface area contributed by atoms with Crippen molar-refractivity contribution in [3.05, 3.63) is 47.8 Å². The molecule has 1 aromatic carbocycles.